The molecule has 1 nitrogen and oxygen atoms in total. The molecule has 1 N–H and O–H groups in total. The van der Waals surface area contributed by atoms with Gasteiger partial charge in [0.1, 0.15) is 0 Å². The summed E-state index contributed by atoms with van der Waals surface area (Å²) in [6, 6.07) is 1.98. The maximum absolute atomic E-state index is 5.98. The van der Waals surface area contributed by atoms with Crippen molar-refractivity contribution in [2.24, 2.45) is 0 Å². The molecule has 0 saturated carbocycles. The van der Waals surface area contributed by atoms with Crippen LogP contribution in [0.25, 0.3) is 0 Å². The summed E-state index contributed by atoms with van der Waals surface area (Å²) in [4.78, 5) is 1.34. The van der Waals surface area contributed by atoms with Gasteiger partial charge < -0.3 is 5.32 Å². The van der Waals surface area contributed by atoms with Crippen LogP contribution >= 0.6 is 22.9 Å². The molecule has 0 aromatic carbocycles. The second-order valence-electron chi connectivity index (χ2n) is 3.11. The van der Waals surface area contributed by atoms with Gasteiger partial charge in [0.15, 0.2) is 0 Å². The van der Waals surface area contributed by atoms with Crippen LogP contribution in [0.1, 0.15) is 24.1 Å². The number of rotatable bonds is 6. The molecule has 13 heavy (non-hydrogen) atoms. The van der Waals surface area contributed by atoms with Crippen LogP contribution in [-0.4, -0.2) is 13.6 Å². The van der Waals surface area contributed by atoms with Crippen molar-refractivity contribution in [2.45, 2.75) is 25.7 Å². The van der Waals surface area contributed by atoms with Crippen molar-refractivity contribution < 1.29 is 0 Å². The van der Waals surface area contributed by atoms with Gasteiger partial charge in [0.25, 0.3) is 0 Å². The number of halogens is 1. The molecule has 1 aromatic heterocycles. The lowest BCUT2D eigenvalue weighted by Gasteiger charge is -1.99. The van der Waals surface area contributed by atoms with E-state index in [0.29, 0.717) is 0 Å². The van der Waals surface area contributed by atoms with Crippen LogP contribution < -0.4 is 5.32 Å². The summed E-state index contributed by atoms with van der Waals surface area (Å²) < 4.78 is 0. The number of hydrogen-bond acceptors (Lipinski definition) is 2. The first-order valence-corrected chi connectivity index (χ1v) is 5.97. The van der Waals surface area contributed by atoms with Crippen LogP contribution in [0.2, 0.25) is 5.02 Å². The van der Waals surface area contributed by atoms with Gasteiger partial charge in [0.2, 0.25) is 0 Å². The summed E-state index contributed by atoms with van der Waals surface area (Å²) in [5.74, 6) is 0. The Morgan fingerprint density at radius 3 is 2.85 bits per heavy atom. The van der Waals surface area contributed by atoms with E-state index < -0.39 is 0 Å². The predicted octanol–water partition coefficient (Wildman–Crippen LogP) is 3.33. The molecule has 0 aliphatic rings. The van der Waals surface area contributed by atoms with E-state index in [1.54, 1.807) is 11.3 Å². The smallest absolute Gasteiger partial charge is 0.0544 e. The topological polar surface area (TPSA) is 12.0 Å². The van der Waals surface area contributed by atoms with Crippen molar-refractivity contribution in [3.05, 3.63) is 21.3 Å². The highest BCUT2D eigenvalue weighted by Gasteiger charge is 2.00. The molecule has 0 aliphatic heterocycles. The molecule has 0 bridgehead atoms. The van der Waals surface area contributed by atoms with Crippen molar-refractivity contribution in [3.63, 3.8) is 0 Å². The molecular weight excluding hydrogens is 202 g/mol. The fourth-order valence-corrected chi connectivity index (χ4v) is 2.44. The molecule has 74 valence electrons. The highest BCUT2D eigenvalue weighted by Crippen LogP contribution is 2.23. The van der Waals surface area contributed by atoms with Gasteiger partial charge in [-0.1, -0.05) is 18.0 Å². The number of nitrogens with one attached hydrogen (secondary N) is 1. The maximum atomic E-state index is 5.98. The molecule has 0 spiro atoms. The van der Waals surface area contributed by atoms with Gasteiger partial charge in [-0.25, -0.2) is 0 Å². The average Bonchev–Trinajstić information content (AvgIpc) is 2.52. The quantitative estimate of drug-likeness (QED) is 0.721. The van der Waals surface area contributed by atoms with E-state index in [9.17, 15) is 0 Å². The Bertz CT molecular complexity index is 235. The third-order valence-corrected chi connectivity index (χ3v) is 3.47. The largest absolute Gasteiger partial charge is 0.320 e. The van der Waals surface area contributed by atoms with Crippen molar-refractivity contribution in [1.29, 1.82) is 0 Å². The van der Waals surface area contributed by atoms with E-state index in [1.165, 1.54) is 24.1 Å². The third kappa shape index (κ3) is 4.12. The molecule has 0 fully saturated rings. The molecule has 0 saturated heterocycles. The highest BCUT2D eigenvalue weighted by molar-refractivity contribution is 7.10. The van der Waals surface area contributed by atoms with Crippen LogP contribution in [-0.2, 0) is 6.42 Å². The van der Waals surface area contributed by atoms with E-state index in [0.717, 1.165) is 18.0 Å². The Labute approximate surface area is 89.1 Å². The molecule has 0 aliphatic carbocycles. The first-order valence-electron chi connectivity index (χ1n) is 4.71. The summed E-state index contributed by atoms with van der Waals surface area (Å²) in [5, 5.41) is 6.15. The molecule has 0 amide bonds. The summed E-state index contributed by atoms with van der Waals surface area (Å²) in [6.45, 7) is 1.12. The molecule has 1 aromatic rings. The van der Waals surface area contributed by atoms with Crippen LogP contribution in [0.15, 0.2) is 11.4 Å². The Hall–Kier alpha value is -0.0500. The number of thiophene rings is 1. The maximum Gasteiger partial charge on any atom is 0.0544 e. The third-order valence-electron chi connectivity index (χ3n) is 2.02. The van der Waals surface area contributed by atoms with Gasteiger partial charge in [0.05, 0.1) is 5.02 Å². The average molecular weight is 218 g/mol. The highest BCUT2D eigenvalue weighted by atomic mass is 35.5. The molecular formula is C10H16ClNS. The molecule has 3 heteroatoms. The van der Waals surface area contributed by atoms with E-state index >= 15 is 0 Å². The Balaban J connectivity index is 2.10. The lowest BCUT2D eigenvalue weighted by molar-refractivity contribution is 0.645. The summed E-state index contributed by atoms with van der Waals surface area (Å²) in [5.41, 5.74) is 0. The Morgan fingerprint density at radius 2 is 2.23 bits per heavy atom. The molecule has 1 heterocycles. The number of unbranched alkanes of at least 4 members (excludes halogenated alkanes) is 2. The molecule has 0 atom stereocenters. The van der Waals surface area contributed by atoms with Crippen LogP contribution in [0.4, 0.5) is 0 Å². The van der Waals surface area contributed by atoms with Gasteiger partial charge in [-0.2, -0.15) is 0 Å². The minimum atomic E-state index is 0.943. The molecule has 1 rings (SSSR count). The van der Waals surface area contributed by atoms with Gasteiger partial charge in [-0.05, 0) is 44.3 Å². The zero-order valence-electron chi connectivity index (χ0n) is 7.98. The van der Waals surface area contributed by atoms with Crippen LogP contribution in [0.5, 0.6) is 0 Å². The minimum absolute atomic E-state index is 0.943. The first-order chi connectivity index (χ1) is 6.34. The second kappa shape index (κ2) is 6.41. The van der Waals surface area contributed by atoms with Crippen molar-refractivity contribution in [1.82, 2.24) is 5.32 Å². The Kier molecular flexibility index (Phi) is 5.44. The normalized spacial score (nSPS) is 10.6. The van der Waals surface area contributed by atoms with Crippen LogP contribution in [0.3, 0.4) is 0 Å². The number of aryl methyl sites for hydroxylation is 1. The van der Waals surface area contributed by atoms with Gasteiger partial charge in [-0.15, -0.1) is 11.3 Å². The predicted molar refractivity (Wildman–Crippen MR) is 60.8 cm³/mol. The number of hydrogen-bond donors (Lipinski definition) is 1. The standard InChI is InChI=1S/C10H16ClNS/c1-12-7-4-2-3-5-10-9(11)6-8-13-10/h6,8,12H,2-5,7H2,1H3. The monoisotopic (exact) mass is 217 g/mol. The SMILES string of the molecule is CNCCCCCc1sccc1Cl. The van der Waals surface area contributed by atoms with Crippen molar-refractivity contribution in [2.75, 3.05) is 13.6 Å². The van der Waals surface area contributed by atoms with Crippen molar-refractivity contribution in [3.8, 4) is 0 Å². The summed E-state index contributed by atoms with van der Waals surface area (Å²) >= 11 is 7.74. The molecule has 0 unspecified atom stereocenters. The zero-order chi connectivity index (χ0) is 9.52. The Morgan fingerprint density at radius 1 is 1.38 bits per heavy atom. The van der Waals surface area contributed by atoms with Crippen molar-refractivity contribution >= 4 is 22.9 Å². The molecule has 0 radical (unpaired) electrons. The van der Waals surface area contributed by atoms with E-state index in [2.05, 4.69) is 10.7 Å². The van der Waals surface area contributed by atoms with Gasteiger partial charge in [0, 0.05) is 4.88 Å². The van der Waals surface area contributed by atoms with E-state index in [1.807, 2.05) is 13.1 Å². The lowest BCUT2D eigenvalue weighted by Crippen LogP contribution is -2.07. The lowest BCUT2D eigenvalue weighted by atomic mass is 10.2. The minimum Gasteiger partial charge on any atom is -0.320 e. The van der Waals surface area contributed by atoms with E-state index in [-0.39, 0.29) is 0 Å². The first kappa shape index (κ1) is 11.0. The van der Waals surface area contributed by atoms with Gasteiger partial charge >= 0.3 is 0 Å². The van der Waals surface area contributed by atoms with Gasteiger partial charge in [-0.3, -0.25) is 0 Å². The van der Waals surface area contributed by atoms with Crippen LogP contribution in [0, 0.1) is 0 Å². The summed E-state index contributed by atoms with van der Waals surface area (Å²) in [6.07, 6.45) is 4.94. The zero-order valence-corrected chi connectivity index (χ0v) is 9.55. The second-order valence-corrected chi connectivity index (χ2v) is 4.51. The van der Waals surface area contributed by atoms with E-state index in [4.69, 9.17) is 11.6 Å². The fraction of sp³-hybridized carbons (Fsp3) is 0.600. The summed E-state index contributed by atoms with van der Waals surface area (Å²) in [7, 11) is 2.00. The fourth-order valence-electron chi connectivity index (χ4n) is 1.27.